The number of carbonyl (C=O) groups excluding carboxylic acids is 1. The fraction of sp³-hybridized carbons (Fsp3) is 0.393. The van der Waals surface area contributed by atoms with Gasteiger partial charge in [-0.2, -0.15) is 0 Å². The van der Waals surface area contributed by atoms with Crippen LogP contribution in [0.1, 0.15) is 48.0 Å². The molecule has 1 aromatic heterocycles. The number of aromatic nitrogens is 2. The quantitative estimate of drug-likeness (QED) is 0.536. The van der Waals surface area contributed by atoms with Crippen LogP contribution in [0.15, 0.2) is 60.7 Å². The Kier molecular flexibility index (Phi) is 7.71. The summed E-state index contributed by atoms with van der Waals surface area (Å²) in [7, 11) is 0. The van der Waals surface area contributed by atoms with Crippen molar-refractivity contribution < 1.29 is 4.79 Å². The Morgan fingerprint density at radius 1 is 0.879 bits per heavy atom. The smallest absolute Gasteiger partial charge is 0.222 e. The molecule has 5 heteroatoms. The van der Waals surface area contributed by atoms with Gasteiger partial charge in [0.15, 0.2) is 0 Å². The van der Waals surface area contributed by atoms with Crippen molar-refractivity contribution in [3.8, 4) is 0 Å². The second-order valence-corrected chi connectivity index (χ2v) is 8.74. The van der Waals surface area contributed by atoms with Gasteiger partial charge in [0, 0.05) is 50.3 Å². The molecule has 0 spiro atoms. The maximum atomic E-state index is 12.9. The summed E-state index contributed by atoms with van der Waals surface area (Å²) >= 11 is 0. The van der Waals surface area contributed by atoms with Crippen LogP contribution >= 0.6 is 0 Å². The van der Waals surface area contributed by atoms with E-state index in [1.165, 1.54) is 16.7 Å². The van der Waals surface area contributed by atoms with Crippen LogP contribution in [-0.4, -0.2) is 47.0 Å². The van der Waals surface area contributed by atoms with Crippen LogP contribution in [0.2, 0.25) is 0 Å². The van der Waals surface area contributed by atoms with E-state index in [1.807, 2.05) is 30.0 Å². The molecule has 0 N–H and O–H groups in total. The maximum absolute atomic E-state index is 12.9. The summed E-state index contributed by atoms with van der Waals surface area (Å²) in [4.78, 5) is 27.0. The lowest BCUT2D eigenvalue weighted by molar-refractivity contribution is -0.130. The Bertz CT molecular complexity index is 1050. The summed E-state index contributed by atoms with van der Waals surface area (Å²) in [6, 6.07) is 20.8. The number of carbonyl (C=O) groups is 1. The van der Waals surface area contributed by atoms with E-state index in [4.69, 9.17) is 9.97 Å². The molecule has 3 aromatic rings. The fourth-order valence-corrected chi connectivity index (χ4v) is 4.61. The Labute approximate surface area is 197 Å². The summed E-state index contributed by atoms with van der Waals surface area (Å²) in [6.45, 7) is 7.40. The van der Waals surface area contributed by atoms with Crippen LogP contribution in [0.3, 0.4) is 0 Å². The Balaban J connectivity index is 1.48. The largest absolute Gasteiger partial charge is 0.354 e. The van der Waals surface area contributed by atoms with Crippen molar-refractivity contribution in [3.05, 3.63) is 88.9 Å². The fourth-order valence-electron chi connectivity index (χ4n) is 4.61. The molecule has 1 saturated heterocycles. The van der Waals surface area contributed by atoms with Crippen LogP contribution in [0.4, 0.5) is 5.82 Å². The van der Waals surface area contributed by atoms with E-state index in [1.54, 1.807) is 0 Å². The molecular formula is C28H34N4O. The molecule has 33 heavy (non-hydrogen) atoms. The summed E-state index contributed by atoms with van der Waals surface area (Å²) in [5.41, 5.74) is 4.84. The van der Waals surface area contributed by atoms with Gasteiger partial charge >= 0.3 is 0 Å². The summed E-state index contributed by atoms with van der Waals surface area (Å²) in [5.74, 6) is 2.11. The van der Waals surface area contributed by atoms with E-state index >= 15 is 0 Å². The third kappa shape index (κ3) is 5.98. The van der Waals surface area contributed by atoms with Gasteiger partial charge in [0.05, 0.1) is 0 Å². The molecule has 4 rings (SSSR count). The lowest BCUT2D eigenvalue weighted by Crippen LogP contribution is -2.36. The molecule has 0 bridgehead atoms. The van der Waals surface area contributed by atoms with Crippen molar-refractivity contribution >= 4 is 11.7 Å². The summed E-state index contributed by atoms with van der Waals surface area (Å²) in [6.07, 6.45) is 4.03. The second-order valence-electron chi connectivity index (χ2n) is 8.74. The lowest BCUT2D eigenvalue weighted by atomic mass is 10.0. The van der Waals surface area contributed by atoms with E-state index < -0.39 is 0 Å². The van der Waals surface area contributed by atoms with E-state index in [9.17, 15) is 4.79 Å². The Morgan fingerprint density at radius 2 is 1.58 bits per heavy atom. The highest BCUT2D eigenvalue weighted by Crippen LogP contribution is 2.26. The zero-order valence-electron chi connectivity index (χ0n) is 19.8. The van der Waals surface area contributed by atoms with Gasteiger partial charge in [0.1, 0.15) is 11.6 Å². The van der Waals surface area contributed by atoms with Crippen LogP contribution in [-0.2, 0) is 24.1 Å². The topological polar surface area (TPSA) is 49.3 Å². The highest BCUT2D eigenvalue weighted by molar-refractivity contribution is 5.76. The van der Waals surface area contributed by atoms with Crippen molar-refractivity contribution in [1.82, 2.24) is 14.9 Å². The molecule has 1 aliphatic rings. The average Bonchev–Trinajstić information content (AvgIpc) is 3.11. The first-order valence-electron chi connectivity index (χ1n) is 12.1. The Morgan fingerprint density at radius 3 is 2.27 bits per heavy atom. The number of benzene rings is 2. The van der Waals surface area contributed by atoms with Gasteiger partial charge in [-0.05, 0) is 37.3 Å². The number of anilines is 1. The molecule has 5 nitrogen and oxygen atoms in total. The zero-order chi connectivity index (χ0) is 23.0. The minimum Gasteiger partial charge on any atom is -0.354 e. The molecule has 2 heterocycles. The van der Waals surface area contributed by atoms with Gasteiger partial charge in [-0.1, -0.05) is 67.6 Å². The van der Waals surface area contributed by atoms with E-state index in [2.05, 4.69) is 54.3 Å². The Hall–Kier alpha value is -3.21. The van der Waals surface area contributed by atoms with E-state index in [0.29, 0.717) is 6.42 Å². The normalized spacial score (nSPS) is 14.2. The minimum absolute atomic E-state index is 0.248. The van der Waals surface area contributed by atoms with Crippen LogP contribution < -0.4 is 4.90 Å². The van der Waals surface area contributed by atoms with Crippen molar-refractivity contribution in [3.63, 3.8) is 0 Å². The number of aryl methyl sites for hydroxylation is 3. The highest BCUT2D eigenvalue weighted by atomic mass is 16.2. The SMILES string of the molecule is CCc1nc(C)nc(N2CCCN(C(=O)CCc3ccccc3)CC2)c1Cc1ccccc1. The summed E-state index contributed by atoms with van der Waals surface area (Å²) < 4.78 is 0. The predicted octanol–water partition coefficient (Wildman–Crippen LogP) is 4.61. The second kappa shape index (κ2) is 11.1. The van der Waals surface area contributed by atoms with Gasteiger partial charge in [-0.15, -0.1) is 0 Å². The zero-order valence-corrected chi connectivity index (χ0v) is 19.8. The van der Waals surface area contributed by atoms with Crippen LogP contribution in [0.25, 0.3) is 0 Å². The van der Waals surface area contributed by atoms with Gasteiger partial charge in [-0.25, -0.2) is 9.97 Å². The van der Waals surface area contributed by atoms with Crippen LogP contribution in [0, 0.1) is 6.92 Å². The molecular weight excluding hydrogens is 408 g/mol. The average molecular weight is 443 g/mol. The third-order valence-electron chi connectivity index (χ3n) is 6.36. The highest BCUT2D eigenvalue weighted by Gasteiger charge is 2.23. The van der Waals surface area contributed by atoms with Gasteiger partial charge in [0.25, 0.3) is 0 Å². The number of hydrogen-bond acceptors (Lipinski definition) is 4. The molecule has 1 fully saturated rings. The van der Waals surface area contributed by atoms with Crippen molar-refractivity contribution in [2.45, 2.75) is 46.0 Å². The van der Waals surface area contributed by atoms with Gasteiger partial charge in [0.2, 0.25) is 5.91 Å². The van der Waals surface area contributed by atoms with E-state index in [-0.39, 0.29) is 5.91 Å². The predicted molar refractivity (Wildman–Crippen MR) is 134 cm³/mol. The first-order chi connectivity index (χ1) is 16.1. The number of rotatable bonds is 7. The first-order valence-corrected chi connectivity index (χ1v) is 12.1. The molecule has 0 unspecified atom stereocenters. The number of nitrogens with zero attached hydrogens (tertiary/aromatic N) is 4. The standard InChI is InChI=1S/C28H34N4O/c1-3-26-25(21-24-13-8-5-9-14-24)28(30-22(2)29-26)32-18-10-17-31(19-20-32)27(33)16-15-23-11-6-4-7-12-23/h4-9,11-14H,3,10,15-21H2,1-2H3. The third-order valence-corrected chi connectivity index (χ3v) is 6.36. The number of hydrogen-bond donors (Lipinski definition) is 0. The minimum atomic E-state index is 0.248. The molecule has 172 valence electrons. The van der Waals surface area contributed by atoms with Crippen molar-refractivity contribution in [2.75, 3.05) is 31.1 Å². The summed E-state index contributed by atoms with van der Waals surface area (Å²) in [5, 5.41) is 0. The maximum Gasteiger partial charge on any atom is 0.222 e. The molecule has 1 aliphatic heterocycles. The number of amides is 1. The molecule has 0 radical (unpaired) electrons. The monoisotopic (exact) mass is 442 g/mol. The van der Waals surface area contributed by atoms with E-state index in [0.717, 1.165) is 69.2 Å². The van der Waals surface area contributed by atoms with Crippen molar-refractivity contribution in [1.29, 1.82) is 0 Å². The molecule has 0 atom stereocenters. The molecule has 1 amide bonds. The first kappa shape index (κ1) is 23.0. The van der Waals surface area contributed by atoms with Crippen molar-refractivity contribution in [2.24, 2.45) is 0 Å². The lowest BCUT2D eigenvalue weighted by Gasteiger charge is -2.26. The van der Waals surface area contributed by atoms with Crippen LogP contribution in [0.5, 0.6) is 0 Å². The molecule has 2 aromatic carbocycles. The van der Waals surface area contributed by atoms with Gasteiger partial charge < -0.3 is 9.80 Å². The molecule has 0 saturated carbocycles. The molecule has 0 aliphatic carbocycles. The van der Waals surface area contributed by atoms with Gasteiger partial charge in [-0.3, -0.25) is 4.79 Å².